The number of anilines is 1. The molecule has 204 valence electrons. The summed E-state index contributed by atoms with van der Waals surface area (Å²) in [6.07, 6.45) is 5.76. The van der Waals surface area contributed by atoms with Crippen molar-refractivity contribution in [3.05, 3.63) is 79.9 Å². The second kappa shape index (κ2) is 10.7. The molecule has 1 saturated carbocycles. The molecule has 2 aromatic carbocycles. The lowest BCUT2D eigenvalue weighted by Gasteiger charge is -2.40. The number of piperazine rings is 1. The van der Waals surface area contributed by atoms with Crippen molar-refractivity contribution < 1.29 is 0 Å². The fourth-order valence-corrected chi connectivity index (χ4v) is 6.67. The lowest BCUT2D eigenvalue weighted by molar-refractivity contribution is 0.192. The van der Waals surface area contributed by atoms with E-state index >= 15 is 0 Å². The van der Waals surface area contributed by atoms with Gasteiger partial charge in [-0.15, -0.1) is 5.10 Å². The Hall–Kier alpha value is -3.23. The van der Waals surface area contributed by atoms with Crippen LogP contribution in [-0.4, -0.2) is 56.3 Å². The molecule has 6 rings (SSSR count). The van der Waals surface area contributed by atoms with Crippen LogP contribution < -0.4 is 10.5 Å². The van der Waals surface area contributed by atoms with Crippen molar-refractivity contribution in [2.24, 2.45) is 0 Å². The Morgan fingerprint density at radius 3 is 2.49 bits per heavy atom. The third kappa shape index (κ3) is 5.08. The first kappa shape index (κ1) is 26.0. The quantitative estimate of drug-likeness (QED) is 0.356. The third-order valence-electron chi connectivity index (χ3n) is 8.51. The van der Waals surface area contributed by atoms with Crippen LogP contribution in [0.15, 0.2) is 41.2 Å². The van der Waals surface area contributed by atoms with Gasteiger partial charge < -0.3 is 9.88 Å². The Morgan fingerprint density at radius 2 is 1.72 bits per heavy atom. The zero-order valence-electron chi connectivity index (χ0n) is 23.0. The van der Waals surface area contributed by atoms with Gasteiger partial charge in [-0.3, -0.25) is 9.69 Å². The molecular formula is C30H36ClN7O. The van der Waals surface area contributed by atoms with Crippen molar-refractivity contribution in [2.75, 3.05) is 31.1 Å². The highest BCUT2D eigenvalue weighted by Crippen LogP contribution is 2.34. The second-order valence-electron chi connectivity index (χ2n) is 11.2. The number of nitrogens with one attached hydrogen (secondary N) is 1. The molecule has 1 aliphatic heterocycles. The number of nitrogens with zero attached hydrogens (tertiary/aromatic N) is 6. The van der Waals surface area contributed by atoms with Crippen LogP contribution in [0, 0.1) is 20.8 Å². The van der Waals surface area contributed by atoms with Crippen molar-refractivity contribution >= 4 is 28.2 Å². The molecule has 2 aromatic heterocycles. The first-order chi connectivity index (χ1) is 18.9. The molecule has 0 spiro atoms. The van der Waals surface area contributed by atoms with Crippen LogP contribution in [0.2, 0.25) is 5.02 Å². The van der Waals surface area contributed by atoms with E-state index in [1.54, 1.807) is 0 Å². The molecule has 4 aromatic rings. The number of H-pyrrole nitrogens is 1. The van der Waals surface area contributed by atoms with E-state index in [4.69, 9.17) is 11.6 Å². The van der Waals surface area contributed by atoms with Gasteiger partial charge in [-0.2, -0.15) is 0 Å². The normalized spacial score (nSPS) is 18.1. The van der Waals surface area contributed by atoms with Crippen molar-refractivity contribution in [2.45, 2.75) is 65.0 Å². The van der Waals surface area contributed by atoms with Crippen LogP contribution in [0.5, 0.6) is 0 Å². The molecule has 9 heteroatoms. The maximum atomic E-state index is 13.7. The zero-order valence-corrected chi connectivity index (χ0v) is 23.7. The number of hydrogen-bond acceptors (Lipinski definition) is 6. The number of aromatic nitrogens is 5. The summed E-state index contributed by atoms with van der Waals surface area (Å²) in [5.41, 5.74) is 6.15. The molecule has 8 nitrogen and oxygen atoms in total. The highest BCUT2D eigenvalue weighted by atomic mass is 35.5. The van der Waals surface area contributed by atoms with Crippen LogP contribution in [0.1, 0.15) is 72.3 Å². The minimum absolute atomic E-state index is 0.0798. The molecule has 0 amide bonds. The number of tetrazole rings is 1. The van der Waals surface area contributed by atoms with Gasteiger partial charge in [-0.25, -0.2) is 4.68 Å². The molecule has 2 aliphatic rings. The number of aryl methyl sites for hydroxylation is 3. The predicted octanol–water partition coefficient (Wildman–Crippen LogP) is 5.51. The smallest absolute Gasteiger partial charge is 0.253 e. The predicted molar refractivity (Wildman–Crippen MR) is 156 cm³/mol. The fraction of sp³-hybridized carbons (Fsp3) is 0.467. The molecule has 0 bridgehead atoms. The van der Waals surface area contributed by atoms with Crippen LogP contribution in [-0.2, 0) is 0 Å². The molecule has 0 unspecified atom stereocenters. The molecule has 3 heterocycles. The van der Waals surface area contributed by atoms with E-state index in [0.29, 0.717) is 5.56 Å². The minimum atomic E-state index is -0.335. The molecule has 2 fully saturated rings. The second-order valence-corrected chi connectivity index (χ2v) is 11.7. The van der Waals surface area contributed by atoms with Gasteiger partial charge in [0, 0.05) is 53.4 Å². The Labute approximate surface area is 234 Å². The van der Waals surface area contributed by atoms with Crippen LogP contribution in [0.25, 0.3) is 10.9 Å². The van der Waals surface area contributed by atoms with E-state index in [1.807, 2.05) is 22.9 Å². The lowest BCUT2D eigenvalue weighted by Crippen LogP contribution is -2.49. The summed E-state index contributed by atoms with van der Waals surface area (Å²) in [7, 11) is 0. The summed E-state index contributed by atoms with van der Waals surface area (Å²) in [4.78, 5) is 21.7. The van der Waals surface area contributed by atoms with Gasteiger partial charge in [0.25, 0.3) is 5.56 Å². The zero-order chi connectivity index (χ0) is 27.1. The number of aromatic amines is 1. The number of fused-ring (bicyclic) bond motifs is 1. The average Bonchev–Trinajstić information content (AvgIpc) is 3.41. The van der Waals surface area contributed by atoms with E-state index in [9.17, 15) is 4.79 Å². The monoisotopic (exact) mass is 545 g/mol. The van der Waals surface area contributed by atoms with Gasteiger partial charge in [-0.1, -0.05) is 43.0 Å². The molecule has 1 saturated heterocycles. The standard InChI is InChI=1S/C30H36ClN7O/c1-19-15-21(3)24-18-25(30(39)32-26(24)16-19)28(29-33-34-35-38(29)23-7-5-4-6-8-23)37-13-11-36(12-14-37)27-17-22(31)10-9-20(27)2/h9-10,15-18,23,28H,4-8,11-14H2,1-3H3,(H,32,39)/t28-/m0/s1. The number of pyridine rings is 1. The summed E-state index contributed by atoms with van der Waals surface area (Å²) in [5.74, 6) is 0.768. The van der Waals surface area contributed by atoms with Crippen molar-refractivity contribution in [3.8, 4) is 0 Å². The fourth-order valence-electron chi connectivity index (χ4n) is 6.50. The van der Waals surface area contributed by atoms with E-state index < -0.39 is 0 Å². The summed E-state index contributed by atoms with van der Waals surface area (Å²) < 4.78 is 2.02. The highest BCUT2D eigenvalue weighted by Gasteiger charge is 2.34. The molecule has 1 N–H and O–H groups in total. The van der Waals surface area contributed by atoms with E-state index in [-0.39, 0.29) is 17.6 Å². The minimum Gasteiger partial charge on any atom is -0.369 e. The summed E-state index contributed by atoms with van der Waals surface area (Å²) >= 11 is 6.34. The Morgan fingerprint density at radius 1 is 0.949 bits per heavy atom. The maximum Gasteiger partial charge on any atom is 0.253 e. The molecule has 39 heavy (non-hydrogen) atoms. The number of halogens is 1. The van der Waals surface area contributed by atoms with Gasteiger partial charge in [0.1, 0.15) is 6.04 Å². The van der Waals surface area contributed by atoms with Gasteiger partial charge >= 0.3 is 0 Å². The highest BCUT2D eigenvalue weighted by molar-refractivity contribution is 6.30. The Balaban J connectivity index is 1.40. The van der Waals surface area contributed by atoms with Crippen LogP contribution in [0.3, 0.4) is 0 Å². The topological polar surface area (TPSA) is 82.9 Å². The number of hydrogen-bond donors (Lipinski definition) is 1. The summed E-state index contributed by atoms with van der Waals surface area (Å²) in [6.45, 7) is 9.49. The first-order valence-corrected chi connectivity index (χ1v) is 14.4. The van der Waals surface area contributed by atoms with Crippen LogP contribution >= 0.6 is 11.6 Å². The largest absolute Gasteiger partial charge is 0.369 e. The van der Waals surface area contributed by atoms with E-state index in [2.05, 4.69) is 69.3 Å². The van der Waals surface area contributed by atoms with Gasteiger partial charge in [0.05, 0.1) is 6.04 Å². The number of rotatable bonds is 5. The molecular weight excluding hydrogens is 510 g/mol. The molecule has 1 atom stereocenters. The average molecular weight is 546 g/mol. The SMILES string of the molecule is Cc1cc(C)c2cc([C@@H](c3nnnn3C3CCCCC3)N3CCN(c4cc(Cl)ccc4C)CC3)c(=O)[nH]c2c1. The number of benzene rings is 2. The van der Waals surface area contributed by atoms with Gasteiger partial charge in [-0.05, 0) is 85.0 Å². The van der Waals surface area contributed by atoms with Crippen molar-refractivity contribution in [3.63, 3.8) is 0 Å². The van der Waals surface area contributed by atoms with E-state index in [1.165, 1.54) is 30.5 Å². The molecule has 1 aliphatic carbocycles. The lowest BCUT2D eigenvalue weighted by atomic mass is 9.94. The Kier molecular flexibility index (Phi) is 7.16. The van der Waals surface area contributed by atoms with Crippen molar-refractivity contribution in [1.29, 1.82) is 0 Å². The van der Waals surface area contributed by atoms with E-state index in [0.717, 1.165) is 71.9 Å². The summed E-state index contributed by atoms with van der Waals surface area (Å²) in [5, 5.41) is 15.0. The van der Waals surface area contributed by atoms with Crippen LogP contribution in [0.4, 0.5) is 5.69 Å². The van der Waals surface area contributed by atoms with Gasteiger partial charge in [0.2, 0.25) is 0 Å². The third-order valence-corrected chi connectivity index (χ3v) is 8.75. The van der Waals surface area contributed by atoms with Gasteiger partial charge in [0.15, 0.2) is 5.82 Å². The summed E-state index contributed by atoms with van der Waals surface area (Å²) in [6, 6.07) is 12.3. The first-order valence-electron chi connectivity index (χ1n) is 14.1. The maximum absolute atomic E-state index is 13.7. The molecule has 0 radical (unpaired) electrons. The van der Waals surface area contributed by atoms with Crippen molar-refractivity contribution in [1.82, 2.24) is 30.1 Å². The Bertz CT molecular complexity index is 1550.